The van der Waals surface area contributed by atoms with Crippen LogP contribution < -0.4 is 11.3 Å². The lowest BCUT2D eigenvalue weighted by atomic mass is 10.0. The number of nitrogens with two attached hydrogens (primary N) is 1. The zero-order valence-electron chi connectivity index (χ0n) is 15.1. The third-order valence-electron chi connectivity index (χ3n) is 3.91. The molecule has 0 spiro atoms. The largest absolute Gasteiger partial charge is 0.465 e. The summed E-state index contributed by atoms with van der Waals surface area (Å²) in [6, 6.07) is 7.18. The Labute approximate surface area is 175 Å². The van der Waals surface area contributed by atoms with Crippen LogP contribution in [0.4, 0.5) is 0 Å². The number of halogens is 2. The third kappa shape index (κ3) is 5.81. The summed E-state index contributed by atoms with van der Waals surface area (Å²) in [5, 5.41) is 1.12. The minimum absolute atomic E-state index is 0.168. The smallest absolute Gasteiger partial charge is 0.326 e. The summed E-state index contributed by atoms with van der Waals surface area (Å²) in [7, 11) is 0. The van der Waals surface area contributed by atoms with E-state index in [1.165, 1.54) is 16.3 Å². The summed E-state index contributed by atoms with van der Waals surface area (Å²) in [6.07, 6.45) is 2.94. The van der Waals surface area contributed by atoms with Gasteiger partial charge in [0.25, 0.3) is 5.56 Å². The van der Waals surface area contributed by atoms with Crippen molar-refractivity contribution in [3.63, 3.8) is 0 Å². The number of carbonyl (C=O) groups excluding carboxylic acids is 1. The van der Waals surface area contributed by atoms with E-state index in [1.54, 1.807) is 25.3 Å². The fourth-order valence-corrected chi connectivity index (χ4v) is 3.72. The monoisotopic (exact) mass is 473 g/mol. The van der Waals surface area contributed by atoms with Gasteiger partial charge < -0.3 is 10.5 Å². The van der Waals surface area contributed by atoms with Crippen molar-refractivity contribution in [2.24, 2.45) is 5.73 Å². The molecule has 0 aliphatic heterocycles. The molecule has 0 aliphatic rings. The second-order valence-electron chi connectivity index (χ2n) is 5.75. The van der Waals surface area contributed by atoms with E-state index in [4.69, 9.17) is 22.1 Å². The molecule has 0 saturated carbocycles. The summed E-state index contributed by atoms with van der Waals surface area (Å²) in [5.74, 6) is -0.471. The van der Waals surface area contributed by atoms with Crippen LogP contribution in [0.3, 0.4) is 0 Å². The number of esters is 1. The van der Waals surface area contributed by atoms with Crippen LogP contribution in [0.1, 0.15) is 30.6 Å². The third-order valence-corrected chi connectivity index (χ3v) is 5.64. The number of hydrogen-bond donors (Lipinski definition) is 1. The summed E-state index contributed by atoms with van der Waals surface area (Å²) in [5.41, 5.74) is 7.53. The number of hydrogen-bond acceptors (Lipinski definition) is 6. The molecule has 0 fully saturated rings. The quantitative estimate of drug-likeness (QED) is 0.357. The molecule has 6 nitrogen and oxygen atoms in total. The highest BCUT2D eigenvalue weighted by Gasteiger charge is 2.18. The van der Waals surface area contributed by atoms with E-state index < -0.39 is 5.97 Å². The average Bonchev–Trinajstić information content (AvgIpc) is 2.65. The normalized spacial score (nSPS) is 12.0. The van der Waals surface area contributed by atoms with E-state index in [-0.39, 0.29) is 24.8 Å². The molecular weight excluding hydrogens is 454 g/mol. The van der Waals surface area contributed by atoms with Gasteiger partial charge in [0, 0.05) is 11.1 Å². The van der Waals surface area contributed by atoms with Crippen LogP contribution >= 0.6 is 39.3 Å². The average molecular weight is 475 g/mol. The molecule has 1 aromatic heterocycles. The Hall–Kier alpha value is -1.35. The molecule has 2 aromatic rings. The highest BCUT2D eigenvalue weighted by molar-refractivity contribution is 9.10. The van der Waals surface area contributed by atoms with Crippen LogP contribution in [0.15, 0.2) is 38.7 Å². The molecule has 1 heterocycles. The molecular formula is C18H21BrClN3O3S. The van der Waals surface area contributed by atoms with Gasteiger partial charge in [-0.3, -0.25) is 14.2 Å². The molecule has 1 aromatic carbocycles. The number of benzene rings is 1. The van der Waals surface area contributed by atoms with Gasteiger partial charge in [0.15, 0.2) is 5.16 Å². The number of ether oxygens (including phenoxy) is 1. The van der Waals surface area contributed by atoms with Crippen molar-refractivity contribution in [2.45, 2.75) is 37.5 Å². The van der Waals surface area contributed by atoms with Crippen LogP contribution in [0.5, 0.6) is 0 Å². The summed E-state index contributed by atoms with van der Waals surface area (Å²) in [4.78, 5) is 29.0. The van der Waals surface area contributed by atoms with E-state index in [0.29, 0.717) is 33.2 Å². The lowest BCUT2D eigenvalue weighted by Crippen LogP contribution is -2.29. The van der Waals surface area contributed by atoms with Gasteiger partial charge >= 0.3 is 5.97 Å². The van der Waals surface area contributed by atoms with Gasteiger partial charge in [-0.15, -0.1) is 0 Å². The van der Waals surface area contributed by atoms with E-state index in [2.05, 4.69) is 20.9 Å². The van der Waals surface area contributed by atoms with Crippen molar-refractivity contribution >= 4 is 45.3 Å². The van der Waals surface area contributed by atoms with Gasteiger partial charge in [0.1, 0.15) is 11.0 Å². The Bertz CT molecular complexity index is 858. The van der Waals surface area contributed by atoms with Crippen molar-refractivity contribution in [2.75, 3.05) is 12.9 Å². The van der Waals surface area contributed by atoms with E-state index in [0.717, 1.165) is 5.56 Å². The van der Waals surface area contributed by atoms with Gasteiger partial charge in [0.2, 0.25) is 0 Å². The Morgan fingerprint density at radius 2 is 2.07 bits per heavy atom. The molecule has 146 valence electrons. The highest BCUT2D eigenvalue weighted by Crippen LogP contribution is 2.22. The minimum atomic E-state index is -0.471. The number of carbonyl (C=O) groups is 1. The summed E-state index contributed by atoms with van der Waals surface area (Å²) < 4.78 is 6.59. The Balaban J connectivity index is 2.20. The van der Waals surface area contributed by atoms with Gasteiger partial charge in [-0.05, 0) is 59.6 Å². The second kappa shape index (κ2) is 10.3. The van der Waals surface area contributed by atoms with Crippen LogP contribution in [-0.4, -0.2) is 28.4 Å². The van der Waals surface area contributed by atoms with E-state index >= 15 is 0 Å². The SMILES string of the molecule is CCOC(=O)Cn1c(SC)nc(CC[C@@H](N)c2ccc(Cl)cc2)c(Br)c1=O. The second-order valence-corrected chi connectivity index (χ2v) is 7.76. The number of aromatic nitrogens is 2. The Morgan fingerprint density at radius 1 is 1.41 bits per heavy atom. The number of aryl methyl sites for hydroxylation is 1. The molecule has 1 atom stereocenters. The number of rotatable bonds is 8. The number of nitrogens with zero attached hydrogens (tertiary/aromatic N) is 2. The van der Waals surface area contributed by atoms with E-state index in [9.17, 15) is 9.59 Å². The van der Waals surface area contributed by atoms with Gasteiger partial charge in [0.05, 0.1) is 12.3 Å². The first-order chi connectivity index (χ1) is 12.9. The van der Waals surface area contributed by atoms with Gasteiger partial charge in [-0.25, -0.2) is 4.98 Å². The zero-order valence-corrected chi connectivity index (χ0v) is 18.2. The van der Waals surface area contributed by atoms with Crippen molar-refractivity contribution in [3.05, 3.63) is 55.4 Å². The van der Waals surface area contributed by atoms with Crippen LogP contribution in [0, 0.1) is 0 Å². The lowest BCUT2D eigenvalue weighted by Gasteiger charge is -2.15. The number of thioether (sulfide) groups is 1. The first-order valence-corrected chi connectivity index (χ1v) is 10.8. The molecule has 0 unspecified atom stereocenters. The first kappa shape index (κ1) is 21.9. The van der Waals surface area contributed by atoms with Gasteiger partial charge in [-0.2, -0.15) is 0 Å². The van der Waals surface area contributed by atoms with Crippen molar-refractivity contribution < 1.29 is 9.53 Å². The lowest BCUT2D eigenvalue weighted by molar-refractivity contribution is -0.144. The van der Waals surface area contributed by atoms with Crippen molar-refractivity contribution in [3.8, 4) is 0 Å². The molecule has 0 radical (unpaired) electrons. The van der Waals surface area contributed by atoms with E-state index in [1.807, 2.05) is 12.1 Å². The molecule has 2 N–H and O–H groups in total. The van der Waals surface area contributed by atoms with Crippen LogP contribution in [0.2, 0.25) is 5.02 Å². The summed E-state index contributed by atoms with van der Waals surface area (Å²) >= 11 is 10.5. The molecule has 0 amide bonds. The first-order valence-electron chi connectivity index (χ1n) is 8.37. The molecule has 0 bridgehead atoms. The topological polar surface area (TPSA) is 87.2 Å². The molecule has 9 heteroatoms. The molecule has 27 heavy (non-hydrogen) atoms. The predicted molar refractivity (Wildman–Crippen MR) is 111 cm³/mol. The van der Waals surface area contributed by atoms with Crippen LogP contribution in [0.25, 0.3) is 0 Å². The molecule has 0 saturated heterocycles. The summed E-state index contributed by atoms with van der Waals surface area (Å²) in [6.45, 7) is 1.81. The molecule has 0 aliphatic carbocycles. The maximum absolute atomic E-state index is 12.7. The fourth-order valence-electron chi connectivity index (χ4n) is 2.52. The standard InChI is InChI=1S/C18H21BrClN3O3S/c1-3-26-15(24)10-23-17(25)16(19)14(22-18(23)27-2)9-8-13(21)11-4-6-12(20)7-5-11/h4-7,13H,3,8-10,21H2,1-2H3/t13-/m1/s1. The van der Waals surface area contributed by atoms with Gasteiger partial charge in [-0.1, -0.05) is 35.5 Å². The zero-order chi connectivity index (χ0) is 20.0. The van der Waals surface area contributed by atoms with Crippen molar-refractivity contribution in [1.82, 2.24) is 9.55 Å². The minimum Gasteiger partial charge on any atom is -0.465 e. The Morgan fingerprint density at radius 3 is 2.67 bits per heavy atom. The maximum atomic E-state index is 12.7. The highest BCUT2D eigenvalue weighted by atomic mass is 79.9. The predicted octanol–water partition coefficient (Wildman–Crippen LogP) is 3.58. The Kier molecular flexibility index (Phi) is 8.34. The van der Waals surface area contributed by atoms with Crippen molar-refractivity contribution in [1.29, 1.82) is 0 Å². The maximum Gasteiger partial charge on any atom is 0.326 e. The fraction of sp³-hybridized carbons (Fsp3) is 0.389. The molecule has 2 rings (SSSR count). The van der Waals surface area contributed by atoms with Crippen LogP contribution in [-0.2, 0) is 22.5 Å².